The van der Waals surface area contributed by atoms with Gasteiger partial charge < -0.3 is 0 Å². The number of nitrogens with one attached hydrogen (secondary N) is 1. The molecule has 0 spiro atoms. The van der Waals surface area contributed by atoms with Gasteiger partial charge in [-0.25, -0.2) is 30.0 Å². The standard InChI is InChI=1S/C18H18Cl4N2O6S3/c19-15-3-1-13(9-17(15)21)32(27,28)23-6-7-24(12-5-8-31(25,26)11-12)33(29,30)14-2-4-16(20)18(22)10-14/h1-4,9-10,12,23H,5-8,11H2/t12-/m1/s1. The van der Waals surface area contributed by atoms with Crippen molar-refractivity contribution in [2.24, 2.45) is 0 Å². The van der Waals surface area contributed by atoms with Gasteiger partial charge in [0, 0.05) is 19.1 Å². The van der Waals surface area contributed by atoms with E-state index in [1.165, 1.54) is 30.3 Å². The van der Waals surface area contributed by atoms with Gasteiger partial charge in [0.1, 0.15) is 0 Å². The van der Waals surface area contributed by atoms with Crippen molar-refractivity contribution in [2.45, 2.75) is 22.3 Å². The first kappa shape index (κ1) is 27.0. The van der Waals surface area contributed by atoms with Crippen molar-refractivity contribution in [3.63, 3.8) is 0 Å². The third-order valence-corrected chi connectivity index (χ3v) is 11.6. The largest absolute Gasteiger partial charge is 0.243 e. The average molecular weight is 596 g/mol. The normalized spacial score (nSPS) is 18.6. The summed E-state index contributed by atoms with van der Waals surface area (Å²) in [6.07, 6.45) is 0.0857. The molecule has 2 aromatic carbocycles. The summed E-state index contributed by atoms with van der Waals surface area (Å²) >= 11 is 23.5. The van der Waals surface area contributed by atoms with E-state index in [0.29, 0.717) is 0 Å². The van der Waals surface area contributed by atoms with Gasteiger partial charge in [-0.2, -0.15) is 4.31 Å². The van der Waals surface area contributed by atoms with Crippen LogP contribution < -0.4 is 4.72 Å². The van der Waals surface area contributed by atoms with Gasteiger partial charge in [0.05, 0.1) is 41.4 Å². The number of hydrogen-bond acceptors (Lipinski definition) is 6. The highest BCUT2D eigenvalue weighted by molar-refractivity contribution is 7.92. The van der Waals surface area contributed by atoms with Crippen LogP contribution in [0.1, 0.15) is 6.42 Å². The monoisotopic (exact) mass is 594 g/mol. The molecule has 15 heteroatoms. The summed E-state index contributed by atoms with van der Waals surface area (Å²) in [7, 11) is -11.7. The molecule has 1 aliphatic heterocycles. The average Bonchev–Trinajstić information content (AvgIpc) is 3.08. The lowest BCUT2D eigenvalue weighted by atomic mass is 10.2. The Kier molecular flexibility index (Phi) is 8.30. The number of sulfonamides is 2. The third-order valence-electron chi connectivity index (χ3n) is 4.94. The Hall–Kier alpha value is -0.630. The molecule has 1 heterocycles. The Balaban J connectivity index is 1.86. The van der Waals surface area contributed by atoms with E-state index in [1.807, 2.05) is 0 Å². The van der Waals surface area contributed by atoms with E-state index >= 15 is 0 Å². The lowest BCUT2D eigenvalue weighted by molar-refractivity contribution is 0.343. The van der Waals surface area contributed by atoms with Crippen LogP contribution in [-0.4, -0.2) is 60.2 Å². The molecule has 1 saturated heterocycles. The zero-order chi connectivity index (χ0) is 24.6. The van der Waals surface area contributed by atoms with Crippen molar-refractivity contribution >= 4 is 76.3 Å². The van der Waals surface area contributed by atoms with Crippen molar-refractivity contribution in [3.05, 3.63) is 56.5 Å². The van der Waals surface area contributed by atoms with E-state index in [2.05, 4.69) is 4.72 Å². The SMILES string of the molecule is O=S1(=O)CC[C@@H](N(CCNS(=O)(=O)c2ccc(Cl)c(Cl)c2)S(=O)(=O)c2ccc(Cl)c(Cl)c2)C1. The second kappa shape index (κ2) is 10.2. The zero-order valence-corrected chi connectivity index (χ0v) is 22.2. The minimum absolute atomic E-state index is 0.0112. The van der Waals surface area contributed by atoms with Crippen LogP contribution in [0.2, 0.25) is 20.1 Å². The van der Waals surface area contributed by atoms with Gasteiger partial charge in [-0.05, 0) is 42.8 Å². The van der Waals surface area contributed by atoms with Crippen LogP contribution in [0.3, 0.4) is 0 Å². The maximum absolute atomic E-state index is 13.3. The first-order valence-electron chi connectivity index (χ1n) is 9.35. The quantitative estimate of drug-likeness (QED) is 0.499. The highest BCUT2D eigenvalue weighted by atomic mass is 35.5. The maximum atomic E-state index is 13.3. The topological polar surface area (TPSA) is 118 Å². The molecule has 0 unspecified atom stereocenters. The number of nitrogens with zero attached hydrogens (tertiary/aromatic N) is 1. The summed E-state index contributed by atoms with van der Waals surface area (Å²) in [5.74, 6) is -0.535. The number of rotatable bonds is 8. The second-order valence-electron chi connectivity index (χ2n) is 7.22. The summed E-state index contributed by atoms with van der Waals surface area (Å²) in [5.41, 5.74) is 0. The smallest absolute Gasteiger partial charge is 0.229 e. The molecule has 0 amide bonds. The molecular formula is C18H18Cl4N2O6S3. The molecule has 182 valence electrons. The number of halogens is 4. The highest BCUT2D eigenvalue weighted by Crippen LogP contribution is 2.30. The molecule has 1 atom stereocenters. The van der Waals surface area contributed by atoms with E-state index in [1.54, 1.807) is 0 Å². The molecule has 0 aliphatic carbocycles. The van der Waals surface area contributed by atoms with Crippen molar-refractivity contribution in [2.75, 3.05) is 24.6 Å². The Labute approximate surface area is 212 Å². The molecule has 0 aromatic heterocycles. The fourth-order valence-electron chi connectivity index (χ4n) is 3.29. The Bertz CT molecular complexity index is 1380. The van der Waals surface area contributed by atoms with Crippen LogP contribution in [0.15, 0.2) is 46.2 Å². The number of sulfone groups is 1. The highest BCUT2D eigenvalue weighted by Gasteiger charge is 2.39. The van der Waals surface area contributed by atoms with E-state index in [-0.39, 0.29) is 60.9 Å². The molecule has 1 aliphatic rings. The number of benzene rings is 2. The van der Waals surface area contributed by atoms with Crippen LogP contribution in [-0.2, 0) is 29.9 Å². The fourth-order valence-corrected chi connectivity index (χ4v) is 8.57. The van der Waals surface area contributed by atoms with Crippen molar-refractivity contribution in [1.29, 1.82) is 0 Å². The summed E-state index contributed by atoms with van der Waals surface area (Å²) in [6.45, 7) is -0.636. The van der Waals surface area contributed by atoms with Crippen LogP contribution in [0.25, 0.3) is 0 Å². The molecule has 33 heavy (non-hydrogen) atoms. The molecular weight excluding hydrogens is 578 g/mol. The lowest BCUT2D eigenvalue weighted by Crippen LogP contribution is -2.45. The predicted octanol–water partition coefficient (Wildman–Crippen LogP) is 3.46. The summed E-state index contributed by atoms with van der Waals surface area (Å²) in [6, 6.07) is 6.61. The van der Waals surface area contributed by atoms with E-state index in [0.717, 1.165) is 10.4 Å². The fraction of sp³-hybridized carbons (Fsp3) is 0.333. The molecule has 3 rings (SSSR count). The molecule has 0 bridgehead atoms. The Morgan fingerprint density at radius 3 is 1.94 bits per heavy atom. The summed E-state index contributed by atoms with van der Waals surface area (Å²) in [4.78, 5) is -0.340. The minimum atomic E-state index is -4.22. The zero-order valence-electron chi connectivity index (χ0n) is 16.7. The molecule has 2 aromatic rings. The first-order valence-corrected chi connectivity index (χ1v) is 15.6. The van der Waals surface area contributed by atoms with Crippen LogP contribution in [0, 0.1) is 0 Å². The Morgan fingerprint density at radius 1 is 0.879 bits per heavy atom. The van der Waals surface area contributed by atoms with Gasteiger partial charge in [-0.3, -0.25) is 0 Å². The van der Waals surface area contributed by atoms with E-state index < -0.39 is 35.9 Å². The van der Waals surface area contributed by atoms with E-state index in [4.69, 9.17) is 46.4 Å². The van der Waals surface area contributed by atoms with Gasteiger partial charge in [0.25, 0.3) is 0 Å². The van der Waals surface area contributed by atoms with E-state index in [9.17, 15) is 25.3 Å². The van der Waals surface area contributed by atoms with Crippen molar-refractivity contribution in [3.8, 4) is 0 Å². The van der Waals surface area contributed by atoms with Crippen molar-refractivity contribution < 1.29 is 25.3 Å². The summed E-state index contributed by atoms with van der Waals surface area (Å²) in [5, 5.41) is 0.383. The molecule has 8 nitrogen and oxygen atoms in total. The molecule has 0 saturated carbocycles. The number of hydrogen-bond donors (Lipinski definition) is 1. The van der Waals surface area contributed by atoms with Gasteiger partial charge in [-0.1, -0.05) is 46.4 Å². The lowest BCUT2D eigenvalue weighted by Gasteiger charge is -2.27. The first-order chi connectivity index (χ1) is 15.2. The van der Waals surface area contributed by atoms with Gasteiger partial charge in [0.2, 0.25) is 20.0 Å². The minimum Gasteiger partial charge on any atom is -0.229 e. The Morgan fingerprint density at radius 2 is 1.42 bits per heavy atom. The molecule has 0 radical (unpaired) electrons. The van der Waals surface area contributed by atoms with Crippen LogP contribution in [0.4, 0.5) is 0 Å². The van der Waals surface area contributed by atoms with Crippen LogP contribution in [0.5, 0.6) is 0 Å². The molecule has 1 fully saturated rings. The second-order valence-corrected chi connectivity index (χ2v) is 14.7. The van der Waals surface area contributed by atoms with Gasteiger partial charge in [-0.15, -0.1) is 0 Å². The summed E-state index contributed by atoms with van der Waals surface area (Å²) < 4.78 is 79.1. The predicted molar refractivity (Wildman–Crippen MR) is 129 cm³/mol. The molecule has 1 N–H and O–H groups in total. The van der Waals surface area contributed by atoms with Gasteiger partial charge >= 0.3 is 0 Å². The van der Waals surface area contributed by atoms with Crippen molar-refractivity contribution in [1.82, 2.24) is 9.03 Å². The third kappa shape index (κ3) is 6.33. The van der Waals surface area contributed by atoms with Crippen LogP contribution >= 0.6 is 46.4 Å². The van der Waals surface area contributed by atoms with Gasteiger partial charge in [0.15, 0.2) is 9.84 Å². The maximum Gasteiger partial charge on any atom is 0.243 e.